The molecule has 0 radical (unpaired) electrons. The van der Waals surface area contributed by atoms with Crippen LogP contribution in [0.2, 0.25) is 0 Å². The highest BCUT2D eigenvalue weighted by Crippen LogP contribution is 2.50. The Morgan fingerprint density at radius 3 is 2.75 bits per heavy atom. The lowest BCUT2D eigenvalue weighted by Gasteiger charge is -2.25. The van der Waals surface area contributed by atoms with Crippen molar-refractivity contribution >= 4 is 17.3 Å². The van der Waals surface area contributed by atoms with Crippen LogP contribution in [0.15, 0.2) is 42.5 Å². The number of fused-ring (bicyclic) bond motifs is 1. The lowest BCUT2D eigenvalue weighted by molar-refractivity contribution is -0.125. The molecule has 2 aromatic heterocycles. The number of amides is 1. The molecule has 3 heterocycles. The fourth-order valence-corrected chi connectivity index (χ4v) is 3.73. The number of aromatic amines is 1. The van der Waals surface area contributed by atoms with Gasteiger partial charge in [0.2, 0.25) is 5.91 Å². The number of carbonyl (C=O) groups excluding carboxylic acids is 1. The largest absolute Gasteiger partial charge is 0.359 e. The van der Waals surface area contributed by atoms with Gasteiger partial charge in [0.1, 0.15) is 0 Å². The van der Waals surface area contributed by atoms with E-state index in [0.29, 0.717) is 5.82 Å². The summed E-state index contributed by atoms with van der Waals surface area (Å²) in [7, 11) is 1.92. The molecule has 4 rings (SSSR count). The molecule has 1 saturated heterocycles. The highest BCUT2D eigenvalue weighted by atomic mass is 16.2. The van der Waals surface area contributed by atoms with E-state index in [9.17, 15) is 4.79 Å². The number of allylic oxidation sites excluding steroid dienone is 4. The van der Waals surface area contributed by atoms with Crippen LogP contribution >= 0.6 is 0 Å². The Balaban J connectivity index is 1.81. The number of H-pyrrole nitrogens is 1. The van der Waals surface area contributed by atoms with Crippen molar-refractivity contribution in [2.75, 3.05) is 4.90 Å². The van der Waals surface area contributed by atoms with Crippen LogP contribution in [0.1, 0.15) is 31.7 Å². The average Bonchev–Trinajstić information content (AvgIpc) is 3.20. The van der Waals surface area contributed by atoms with E-state index in [-0.39, 0.29) is 11.8 Å². The number of imidazole rings is 1. The predicted octanol–water partition coefficient (Wildman–Crippen LogP) is 3.42. The number of aromatic nitrogens is 3. The third kappa shape index (κ3) is 2.08. The van der Waals surface area contributed by atoms with Gasteiger partial charge in [-0.3, -0.25) is 9.69 Å². The third-order valence-corrected chi connectivity index (χ3v) is 5.18. The third-order valence-electron chi connectivity index (χ3n) is 5.18. The standard InChI is InChI=1S/C19H22N4O/c1-12-5-8-15(21-12)13-6-7-14-16(9-13)23(18(24)19(14,2)3)17-10-22(4)11-20-17/h5-6,8-11,14,21H,7H2,1-4H3. The van der Waals surface area contributed by atoms with Crippen LogP contribution in [0.25, 0.3) is 5.57 Å². The Morgan fingerprint density at radius 1 is 1.33 bits per heavy atom. The van der Waals surface area contributed by atoms with Crippen LogP contribution < -0.4 is 4.90 Å². The van der Waals surface area contributed by atoms with Crippen molar-refractivity contribution in [1.29, 1.82) is 0 Å². The second-order valence-corrected chi connectivity index (χ2v) is 7.33. The van der Waals surface area contributed by atoms with Gasteiger partial charge >= 0.3 is 0 Å². The Morgan fingerprint density at radius 2 is 2.12 bits per heavy atom. The fraction of sp³-hybridized carbons (Fsp3) is 0.368. The first-order valence-electron chi connectivity index (χ1n) is 8.28. The smallest absolute Gasteiger partial charge is 0.238 e. The first-order chi connectivity index (χ1) is 11.4. The molecule has 2 aromatic rings. The molecule has 1 atom stereocenters. The minimum atomic E-state index is -0.420. The van der Waals surface area contributed by atoms with Gasteiger partial charge in [-0.1, -0.05) is 19.9 Å². The number of aryl methyl sites for hydroxylation is 2. The van der Waals surface area contributed by atoms with Gasteiger partial charge in [0.15, 0.2) is 5.82 Å². The lowest BCUT2D eigenvalue weighted by atomic mass is 9.76. The molecule has 124 valence electrons. The van der Waals surface area contributed by atoms with E-state index in [1.165, 1.54) is 0 Å². The van der Waals surface area contributed by atoms with E-state index in [1.54, 1.807) is 11.2 Å². The second kappa shape index (κ2) is 4.97. The molecule has 1 amide bonds. The van der Waals surface area contributed by atoms with E-state index >= 15 is 0 Å². The highest BCUT2D eigenvalue weighted by Gasteiger charge is 2.52. The Kier molecular flexibility index (Phi) is 3.10. The summed E-state index contributed by atoms with van der Waals surface area (Å²) in [6.45, 7) is 6.12. The summed E-state index contributed by atoms with van der Waals surface area (Å²) in [5.41, 5.74) is 4.00. The molecule has 1 N–H and O–H groups in total. The molecule has 24 heavy (non-hydrogen) atoms. The fourth-order valence-electron chi connectivity index (χ4n) is 3.73. The topological polar surface area (TPSA) is 53.9 Å². The monoisotopic (exact) mass is 322 g/mol. The molecule has 2 aliphatic rings. The Labute approximate surface area is 141 Å². The molecular weight excluding hydrogens is 300 g/mol. The normalized spacial score (nSPS) is 22.4. The summed E-state index contributed by atoms with van der Waals surface area (Å²) in [5.74, 6) is 1.01. The van der Waals surface area contributed by atoms with Crippen molar-refractivity contribution in [3.8, 4) is 0 Å². The van der Waals surface area contributed by atoms with Gasteiger partial charge in [-0.2, -0.15) is 0 Å². The van der Waals surface area contributed by atoms with Gasteiger partial charge < -0.3 is 9.55 Å². The van der Waals surface area contributed by atoms with Crippen LogP contribution in [0.3, 0.4) is 0 Å². The molecule has 5 nitrogen and oxygen atoms in total. The summed E-state index contributed by atoms with van der Waals surface area (Å²) < 4.78 is 1.87. The van der Waals surface area contributed by atoms with Crippen molar-refractivity contribution in [1.82, 2.24) is 14.5 Å². The van der Waals surface area contributed by atoms with Crippen molar-refractivity contribution in [3.05, 3.63) is 53.9 Å². The molecule has 0 spiro atoms. The maximum Gasteiger partial charge on any atom is 0.238 e. The zero-order valence-corrected chi connectivity index (χ0v) is 14.5. The molecule has 0 bridgehead atoms. The first-order valence-corrected chi connectivity index (χ1v) is 8.28. The summed E-state index contributed by atoms with van der Waals surface area (Å²) in [5, 5.41) is 0. The Bertz CT molecular complexity index is 881. The number of hydrogen-bond acceptors (Lipinski definition) is 2. The van der Waals surface area contributed by atoms with Crippen LogP contribution in [0.4, 0.5) is 5.82 Å². The lowest BCUT2D eigenvalue weighted by Crippen LogP contribution is -2.31. The van der Waals surface area contributed by atoms with Gasteiger partial charge in [0.25, 0.3) is 0 Å². The molecule has 1 unspecified atom stereocenters. The van der Waals surface area contributed by atoms with Crippen molar-refractivity contribution in [3.63, 3.8) is 0 Å². The average molecular weight is 322 g/mol. The van der Waals surface area contributed by atoms with E-state index in [1.807, 2.05) is 38.6 Å². The number of rotatable bonds is 2. The molecular formula is C19H22N4O. The molecule has 1 aliphatic heterocycles. The molecule has 5 heteroatoms. The maximum atomic E-state index is 13.1. The quantitative estimate of drug-likeness (QED) is 0.921. The summed E-state index contributed by atoms with van der Waals surface area (Å²) >= 11 is 0. The minimum absolute atomic E-state index is 0.120. The number of hydrogen-bond donors (Lipinski definition) is 1. The molecule has 0 aromatic carbocycles. The minimum Gasteiger partial charge on any atom is -0.359 e. The number of nitrogens with one attached hydrogen (secondary N) is 1. The maximum absolute atomic E-state index is 13.1. The summed E-state index contributed by atoms with van der Waals surface area (Å²) in [6.07, 6.45) is 8.86. The summed E-state index contributed by atoms with van der Waals surface area (Å²) in [4.78, 5) is 22.6. The summed E-state index contributed by atoms with van der Waals surface area (Å²) in [6, 6.07) is 4.16. The Hall–Kier alpha value is -2.56. The van der Waals surface area contributed by atoms with Gasteiger partial charge in [0.05, 0.1) is 11.7 Å². The van der Waals surface area contributed by atoms with Crippen LogP contribution in [0.5, 0.6) is 0 Å². The van der Waals surface area contributed by atoms with Crippen LogP contribution in [-0.2, 0) is 11.8 Å². The molecule has 1 aliphatic carbocycles. The SMILES string of the molecule is Cc1ccc(C2=CCC3C(=C2)N(c2cn(C)cn2)C(=O)C3(C)C)[nH]1. The zero-order valence-electron chi connectivity index (χ0n) is 14.5. The predicted molar refractivity (Wildman–Crippen MR) is 94.2 cm³/mol. The van der Waals surface area contributed by atoms with Crippen LogP contribution in [0, 0.1) is 18.3 Å². The highest BCUT2D eigenvalue weighted by molar-refractivity contribution is 6.04. The molecule has 1 fully saturated rings. The van der Waals surface area contributed by atoms with Crippen LogP contribution in [-0.4, -0.2) is 20.4 Å². The molecule has 0 saturated carbocycles. The van der Waals surface area contributed by atoms with Crippen molar-refractivity contribution in [2.45, 2.75) is 27.2 Å². The van der Waals surface area contributed by atoms with Gasteiger partial charge in [0, 0.05) is 36.2 Å². The van der Waals surface area contributed by atoms with E-state index in [4.69, 9.17) is 0 Å². The number of anilines is 1. The van der Waals surface area contributed by atoms with E-state index in [2.05, 4.69) is 34.3 Å². The van der Waals surface area contributed by atoms with Gasteiger partial charge in [-0.05, 0) is 37.1 Å². The van der Waals surface area contributed by atoms with Crippen molar-refractivity contribution < 1.29 is 4.79 Å². The van der Waals surface area contributed by atoms with E-state index < -0.39 is 5.41 Å². The zero-order chi connectivity index (χ0) is 17.1. The second-order valence-electron chi connectivity index (χ2n) is 7.33. The number of nitrogens with zero attached hydrogens (tertiary/aromatic N) is 3. The van der Waals surface area contributed by atoms with E-state index in [0.717, 1.165) is 29.1 Å². The van der Waals surface area contributed by atoms with Gasteiger partial charge in [-0.15, -0.1) is 0 Å². The van der Waals surface area contributed by atoms with Crippen molar-refractivity contribution in [2.24, 2.45) is 18.4 Å². The van der Waals surface area contributed by atoms with Gasteiger partial charge in [-0.25, -0.2) is 4.98 Å². The first kappa shape index (κ1) is 15.0. The number of carbonyl (C=O) groups is 1.